The maximum absolute atomic E-state index is 12.5. The molecule has 34 heavy (non-hydrogen) atoms. The second-order valence-corrected chi connectivity index (χ2v) is 11.2. The van der Waals surface area contributed by atoms with Crippen LogP contribution >= 0.6 is 11.3 Å². The van der Waals surface area contributed by atoms with Gasteiger partial charge >= 0.3 is 0 Å². The van der Waals surface area contributed by atoms with Gasteiger partial charge in [0.25, 0.3) is 11.6 Å². The SMILES string of the molecule is O=C(Cc1cc(C2CC2)no1)CC1CCC(CCN2CCc3sc(OCC(F)F)nc3C2)CC1. The van der Waals surface area contributed by atoms with Crippen LogP contribution in [0.25, 0.3) is 0 Å². The molecule has 0 spiro atoms. The van der Waals surface area contributed by atoms with E-state index in [0.29, 0.717) is 35.8 Å². The molecule has 3 heterocycles. The molecule has 3 aliphatic rings. The molecule has 9 heteroatoms. The highest BCUT2D eigenvalue weighted by Gasteiger charge is 2.28. The molecule has 0 bridgehead atoms. The van der Waals surface area contributed by atoms with Crippen molar-refractivity contribution in [3.05, 3.63) is 28.1 Å². The van der Waals surface area contributed by atoms with E-state index in [-0.39, 0.29) is 5.78 Å². The number of carbonyl (C=O) groups excluding carboxylic acids is 1. The second kappa shape index (κ2) is 10.8. The maximum atomic E-state index is 12.5. The van der Waals surface area contributed by atoms with Gasteiger partial charge in [0.15, 0.2) is 6.61 Å². The summed E-state index contributed by atoms with van der Waals surface area (Å²) in [6.45, 7) is 2.20. The number of hydrogen-bond donors (Lipinski definition) is 0. The van der Waals surface area contributed by atoms with Crippen molar-refractivity contribution >= 4 is 17.1 Å². The van der Waals surface area contributed by atoms with Crippen molar-refractivity contribution in [2.24, 2.45) is 11.8 Å². The first-order chi connectivity index (χ1) is 16.5. The summed E-state index contributed by atoms with van der Waals surface area (Å²) in [4.78, 5) is 20.5. The number of ether oxygens (including phenoxy) is 1. The molecule has 5 rings (SSSR count). The Hall–Kier alpha value is -1.87. The molecule has 0 unspecified atom stereocenters. The molecular weight excluding hydrogens is 460 g/mol. The molecule has 2 fully saturated rings. The first kappa shape index (κ1) is 23.9. The topological polar surface area (TPSA) is 68.5 Å². The molecule has 0 saturated heterocycles. The highest BCUT2D eigenvalue weighted by atomic mass is 32.1. The zero-order chi connectivity index (χ0) is 23.5. The van der Waals surface area contributed by atoms with Crippen molar-refractivity contribution in [2.75, 3.05) is 19.7 Å². The smallest absolute Gasteiger partial charge is 0.273 e. The minimum Gasteiger partial charge on any atom is -0.464 e. The molecule has 186 valence electrons. The quantitative estimate of drug-likeness (QED) is 0.417. The zero-order valence-electron chi connectivity index (χ0n) is 19.5. The molecule has 0 aromatic carbocycles. The number of Topliss-reactive ketones (excluding diaryl/α,β-unsaturated/α-hetero) is 1. The molecule has 6 nitrogen and oxygen atoms in total. The van der Waals surface area contributed by atoms with Gasteiger partial charge in [-0.25, -0.2) is 13.8 Å². The number of alkyl halides is 2. The van der Waals surface area contributed by atoms with E-state index in [2.05, 4.69) is 15.0 Å². The molecule has 0 N–H and O–H groups in total. The predicted molar refractivity (Wildman–Crippen MR) is 124 cm³/mol. The van der Waals surface area contributed by atoms with E-state index < -0.39 is 13.0 Å². The van der Waals surface area contributed by atoms with E-state index in [1.54, 1.807) is 0 Å². The Bertz CT molecular complexity index is 967. The maximum Gasteiger partial charge on any atom is 0.273 e. The van der Waals surface area contributed by atoms with Crippen molar-refractivity contribution in [1.29, 1.82) is 0 Å². The van der Waals surface area contributed by atoms with E-state index >= 15 is 0 Å². The van der Waals surface area contributed by atoms with Crippen LogP contribution in [0.5, 0.6) is 5.19 Å². The third-order valence-electron chi connectivity index (χ3n) is 7.40. The van der Waals surface area contributed by atoms with Gasteiger partial charge in [-0.2, -0.15) is 0 Å². The van der Waals surface area contributed by atoms with E-state index in [0.717, 1.165) is 62.5 Å². The number of nitrogens with zero attached hydrogens (tertiary/aromatic N) is 3. The summed E-state index contributed by atoms with van der Waals surface area (Å²) < 4.78 is 35.2. The summed E-state index contributed by atoms with van der Waals surface area (Å²) in [6.07, 6.45) is 7.63. The molecule has 2 aliphatic carbocycles. The van der Waals surface area contributed by atoms with Gasteiger partial charge < -0.3 is 9.26 Å². The minimum absolute atomic E-state index is 0.270. The van der Waals surface area contributed by atoms with Gasteiger partial charge in [0.1, 0.15) is 11.5 Å². The van der Waals surface area contributed by atoms with Crippen molar-refractivity contribution in [3.63, 3.8) is 0 Å². The summed E-state index contributed by atoms with van der Waals surface area (Å²) in [5.74, 6) is 2.75. The van der Waals surface area contributed by atoms with Crippen molar-refractivity contribution in [2.45, 2.75) is 83.1 Å². The van der Waals surface area contributed by atoms with Crippen LogP contribution in [0.2, 0.25) is 0 Å². The van der Waals surface area contributed by atoms with E-state index in [9.17, 15) is 13.6 Å². The monoisotopic (exact) mass is 493 g/mol. The lowest BCUT2D eigenvalue weighted by atomic mass is 9.78. The first-order valence-electron chi connectivity index (χ1n) is 12.6. The third kappa shape index (κ3) is 6.42. The van der Waals surface area contributed by atoms with Crippen molar-refractivity contribution in [1.82, 2.24) is 15.0 Å². The Kier molecular flexibility index (Phi) is 7.58. The van der Waals surface area contributed by atoms with Gasteiger partial charge in [0.05, 0.1) is 17.8 Å². The molecule has 0 atom stereocenters. The fraction of sp³-hybridized carbons (Fsp3) is 0.720. The lowest BCUT2D eigenvalue weighted by Gasteiger charge is -2.31. The van der Waals surface area contributed by atoms with E-state index in [4.69, 9.17) is 9.26 Å². The minimum atomic E-state index is -2.47. The fourth-order valence-electron chi connectivity index (χ4n) is 5.28. The summed E-state index contributed by atoms with van der Waals surface area (Å²) in [5, 5.41) is 4.47. The highest BCUT2D eigenvalue weighted by Crippen LogP contribution is 2.39. The summed E-state index contributed by atoms with van der Waals surface area (Å²) in [5.41, 5.74) is 2.00. The Morgan fingerprint density at radius 2 is 2.00 bits per heavy atom. The average Bonchev–Trinajstić information content (AvgIpc) is 3.43. The summed E-state index contributed by atoms with van der Waals surface area (Å²) in [6, 6.07) is 1.97. The van der Waals surface area contributed by atoms with Crippen LogP contribution in [-0.4, -0.2) is 46.9 Å². The van der Waals surface area contributed by atoms with Gasteiger partial charge in [0, 0.05) is 36.4 Å². The number of halogens is 2. The molecule has 2 aromatic rings. The molecule has 0 radical (unpaired) electrons. The second-order valence-electron chi connectivity index (χ2n) is 10.2. The van der Waals surface area contributed by atoms with Gasteiger partial charge in [0.2, 0.25) is 0 Å². The van der Waals surface area contributed by atoms with Crippen LogP contribution in [0.15, 0.2) is 10.6 Å². The van der Waals surface area contributed by atoms with E-state index in [1.807, 2.05) is 6.07 Å². The first-order valence-corrected chi connectivity index (χ1v) is 13.4. The molecule has 2 saturated carbocycles. The van der Waals surface area contributed by atoms with Crippen LogP contribution < -0.4 is 4.74 Å². The van der Waals surface area contributed by atoms with Crippen molar-refractivity contribution in [3.8, 4) is 5.19 Å². The van der Waals surface area contributed by atoms with Gasteiger partial charge in [-0.05, 0) is 56.9 Å². The fourth-order valence-corrected chi connectivity index (χ4v) is 6.19. The average molecular weight is 494 g/mol. The summed E-state index contributed by atoms with van der Waals surface area (Å²) in [7, 11) is 0. The van der Waals surface area contributed by atoms with Crippen LogP contribution in [0, 0.1) is 11.8 Å². The molecule has 2 aromatic heterocycles. The van der Waals surface area contributed by atoms with Crippen molar-refractivity contribution < 1.29 is 22.8 Å². The van der Waals surface area contributed by atoms with Crippen LogP contribution in [0.4, 0.5) is 8.78 Å². The predicted octanol–water partition coefficient (Wildman–Crippen LogP) is 5.41. The Morgan fingerprint density at radius 3 is 2.76 bits per heavy atom. The highest BCUT2D eigenvalue weighted by molar-refractivity contribution is 7.13. The number of thiazole rings is 1. The number of fused-ring (bicyclic) bond motifs is 1. The normalized spacial score (nSPS) is 23.3. The third-order valence-corrected chi connectivity index (χ3v) is 8.47. The lowest BCUT2D eigenvalue weighted by Crippen LogP contribution is -2.32. The lowest BCUT2D eigenvalue weighted by molar-refractivity contribution is -0.119. The summed E-state index contributed by atoms with van der Waals surface area (Å²) >= 11 is 1.41. The number of hydrogen-bond acceptors (Lipinski definition) is 7. The molecule has 0 amide bonds. The standard InChI is InChI=1S/C25H33F2N3O3S/c26-24(27)15-32-25-28-22-14-30(10-8-23(22)34-25)9-7-16-1-3-17(4-2-16)11-19(31)12-20-13-21(29-33-20)18-5-6-18/h13,16-18,24H,1-12,14-15H2. The van der Waals surface area contributed by atoms with Crippen LogP contribution in [0.3, 0.4) is 0 Å². The zero-order valence-corrected chi connectivity index (χ0v) is 20.3. The van der Waals surface area contributed by atoms with Gasteiger partial charge in [-0.1, -0.05) is 29.3 Å². The van der Waals surface area contributed by atoms with Crippen LogP contribution in [0.1, 0.15) is 79.3 Å². The Morgan fingerprint density at radius 1 is 1.21 bits per heavy atom. The largest absolute Gasteiger partial charge is 0.464 e. The molecular formula is C25H33F2N3O3S. The molecule has 1 aliphatic heterocycles. The Labute approximate surface area is 203 Å². The number of carbonyl (C=O) groups is 1. The van der Waals surface area contributed by atoms with Gasteiger partial charge in [-0.3, -0.25) is 9.69 Å². The number of rotatable bonds is 11. The van der Waals surface area contributed by atoms with Gasteiger partial charge in [-0.15, -0.1) is 0 Å². The number of ketones is 1. The van der Waals surface area contributed by atoms with E-state index in [1.165, 1.54) is 41.9 Å². The van der Waals surface area contributed by atoms with Crippen LogP contribution in [-0.2, 0) is 24.2 Å². The Balaban J connectivity index is 0.993. The number of aromatic nitrogens is 2.